The maximum atomic E-state index is 12.3. The first-order valence-electron chi connectivity index (χ1n) is 11.4. The second-order valence-corrected chi connectivity index (χ2v) is 8.34. The highest BCUT2D eigenvalue weighted by Crippen LogP contribution is 2.27. The molecule has 0 aliphatic carbocycles. The fourth-order valence-electron chi connectivity index (χ4n) is 3.88. The molecule has 0 spiro atoms. The van der Waals surface area contributed by atoms with Crippen molar-refractivity contribution in [2.75, 3.05) is 26.8 Å². The van der Waals surface area contributed by atoms with E-state index in [9.17, 15) is 4.79 Å². The van der Waals surface area contributed by atoms with Crippen molar-refractivity contribution in [1.29, 1.82) is 0 Å². The quantitative estimate of drug-likeness (QED) is 0.512. The zero-order valence-corrected chi connectivity index (χ0v) is 19.3. The lowest BCUT2D eigenvalue weighted by Crippen LogP contribution is -2.48. The van der Waals surface area contributed by atoms with Gasteiger partial charge in [-0.25, -0.2) is 0 Å². The second-order valence-electron chi connectivity index (χ2n) is 8.34. The molecule has 1 atom stereocenters. The molecule has 2 aromatic carbocycles. The van der Waals surface area contributed by atoms with Crippen molar-refractivity contribution in [3.8, 4) is 16.9 Å². The number of rotatable bonds is 10. The SMILES string of the molecule is COC(COc1ccc(-c2ccc(CC(=O)NCc3ccccc3)nc2)c(C)c1)N1CCC1. The molecule has 172 valence electrons. The van der Waals surface area contributed by atoms with Gasteiger partial charge in [0, 0.05) is 44.2 Å². The van der Waals surface area contributed by atoms with Crippen molar-refractivity contribution >= 4 is 5.91 Å². The standard InChI is InChI=1S/C27H31N3O3/c1-20-15-24(33-19-27(32-2)30-13-6-14-30)11-12-25(20)22-9-10-23(28-18-22)16-26(31)29-17-21-7-4-3-5-8-21/h3-5,7-12,15,18,27H,6,13-14,16-17,19H2,1-2H3,(H,29,31). The zero-order valence-electron chi connectivity index (χ0n) is 19.3. The molecule has 0 radical (unpaired) electrons. The van der Waals surface area contributed by atoms with Crippen LogP contribution >= 0.6 is 0 Å². The molecule has 0 bridgehead atoms. The minimum absolute atomic E-state index is 0.000343. The van der Waals surface area contributed by atoms with E-state index in [0.717, 1.165) is 46.8 Å². The third-order valence-electron chi connectivity index (χ3n) is 5.97. The molecule has 4 rings (SSSR count). The topological polar surface area (TPSA) is 63.7 Å². The summed E-state index contributed by atoms with van der Waals surface area (Å²) in [5.41, 5.74) is 5.05. The molecule has 1 saturated heterocycles. The van der Waals surface area contributed by atoms with Crippen molar-refractivity contribution < 1.29 is 14.3 Å². The summed E-state index contributed by atoms with van der Waals surface area (Å²) in [4.78, 5) is 19.0. The maximum absolute atomic E-state index is 12.3. The number of nitrogens with zero attached hydrogens (tertiary/aromatic N) is 2. The first-order valence-corrected chi connectivity index (χ1v) is 11.4. The van der Waals surface area contributed by atoms with E-state index in [2.05, 4.69) is 28.2 Å². The smallest absolute Gasteiger partial charge is 0.226 e. The van der Waals surface area contributed by atoms with Crippen LogP contribution in [0.3, 0.4) is 0 Å². The molecule has 1 fully saturated rings. The van der Waals surface area contributed by atoms with Crippen LogP contribution in [-0.4, -0.2) is 48.8 Å². The van der Waals surface area contributed by atoms with Crippen molar-refractivity contribution in [3.63, 3.8) is 0 Å². The molecular weight excluding hydrogens is 414 g/mol. The van der Waals surface area contributed by atoms with Crippen LogP contribution < -0.4 is 10.1 Å². The number of carbonyl (C=O) groups excluding carboxylic acids is 1. The van der Waals surface area contributed by atoms with Gasteiger partial charge in [-0.3, -0.25) is 14.7 Å². The number of carbonyl (C=O) groups is 1. The number of aromatic nitrogens is 1. The van der Waals surface area contributed by atoms with Gasteiger partial charge in [-0.2, -0.15) is 0 Å². The number of benzene rings is 2. The Hall–Kier alpha value is -3.22. The number of methoxy groups -OCH3 is 1. The number of ether oxygens (including phenoxy) is 2. The Morgan fingerprint density at radius 3 is 2.58 bits per heavy atom. The van der Waals surface area contributed by atoms with E-state index in [-0.39, 0.29) is 18.6 Å². The number of nitrogens with one attached hydrogen (secondary N) is 1. The molecule has 6 heteroatoms. The third kappa shape index (κ3) is 6.18. The molecule has 1 unspecified atom stereocenters. The van der Waals surface area contributed by atoms with E-state index >= 15 is 0 Å². The van der Waals surface area contributed by atoms with Crippen LogP contribution in [0.5, 0.6) is 5.75 Å². The van der Waals surface area contributed by atoms with Crippen molar-refractivity contribution in [1.82, 2.24) is 15.2 Å². The molecule has 2 heterocycles. The Kier molecular flexibility index (Phi) is 7.70. The molecule has 1 N–H and O–H groups in total. The number of likely N-dealkylation sites (tertiary alicyclic amines) is 1. The lowest BCUT2D eigenvalue weighted by molar-refractivity contribution is -0.120. The zero-order chi connectivity index (χ0) is 23.0. The van der Waals surface area contributed by atoms with Gasteiger partial charge in [-0.1, -0.05) is 42.5 Å². The molecule has 1 aliphatic heterocycles. The molecule has 0 saturated carbocycles. The Morgan fingerprint density at radius 2 is 1.94 bits per heavy atom. The van der Waals surface area contributed by atoms with Crippen molar-refractivity contribution in [2.45, 2.75) is 32.5 Å². The van der Waals surface area contributed by atoms with Gasteiger partial charge in [-0.15, -0.1) is 0 Å². The highest BCUT2D eigenvalue weighted by molar-refractivity contribution is 5.78. The molecule has 1 amide bonds. The lowest BCUT2D eigenvalue weighted by Gasteiger charge is -2.36. The minimum atomic E-state index is -0.0376. The summed E-state index contributed by atoms with van der Waals surface area (Å²) in [7, 11) is 1.73. The summed E-state index contributed by atoms with van der Waals surface area (Å²) in [5.74, 6) is 0.794. The van der Waals surface area contributed by atoms with Gasteiger partial charge in [0.05, 0.1) is 6.42 Å². The van der Waals surface area contributed by atoms with Gasteiger partial charge in [0.15, 0.2) is 0 Å². The fraction of sp³-hybridized carbons (Fsp3) is 0.333. The summed E-state index contributed by atoms with van der Waals surface area (Å²) >= 11 is 0. The van der Waals surface area contributed by atoms with Crippen LogP contribution in [0.1, 0.15) is 23.2 Å². The van der Waals surface area contributed by atoms with E-state index in [1.54, 1.807) is 7.11 Å². The van der Waals surface area contributed by atoms with Crippen molar-refractivity contribution in [2.24, 2.45) is 0 Å². The molecular formula is C27H31N3O3. The first-order chi connectivity index (χ1) is 16.1. The van der Waals surface area contributed by atoms with Crippen LogP contribution in [0, 0.1) is 6.92 Å². The van der Waals surface area contributed by atoms with Crippen LogP contribution in [0.15, 0.2) is 66.9 Å². The van der Waals surface area contributed by atoms with Crippen molar-refractivity contribution in [3.05, 3.63) is 83.7 Å². The lowest BCUT2D eigenvalue weighted by atomic mass is 10.0. The predicted octanol–water partition coefficient (Wildman–Crippen LogP) is 3.97. The minimum Gasteiger partial charge on any atom is -0.489 e. The number of hydrogen-bond donors (Lipinski definition) is 1. The molecule has 1 aliphatic rings. The summed E-state index contributed by atoms with van der Waals surface area (Å²) < 4.78 is 11.5. The third-order valence-corrected chi connectivity index (χ3v) is 5.97. The highest BCUT2D eigenvalue weighted by atomic mass is 16.5. The van der Waals surface area contributed by atoms with E-state index in [1.807, 2.05) is 60.8 Å². The van der Waals surface area contributed by atoms with E-state index < -0.39 is 0 Å². The van der Waals surface area contributed by atoms with Gasteiger partial charge in [-0.05, 0) is 48.2 Å². The van der Waals surface area contributed by atoms with Gasteiger partial charge in [0.2, 0.25) is 5.91 Å². The monoisotopic (exact) mass is 445 g/mol. The Bertz CT molecular complexity index is 1050. The van der Waals surface area contributed by atoms with E-state index in [1.165, 1.54) is 6.42 Å². The molecule has 33 heavy (non-hydrogen) atoms. The second kappa shape index (κ2) is 11.1. The van der Waals surface area contributed by atoms with Gasteiger partial charge in [0.1, 0.15) is 18.6 Å². The average Bonchev–Trinajstić information content (AvgIpc) is 2.80. The largest absolute Gasteiger partial charge is 0.489 e. The van der Waals surface area contributed by atoms with E-state index in [4.69, 9.17) is 9.47 Å². The molecule has 3 aromatic rings. The number of hydrogen-bond acceptors (Lipinski definition) is 5. The normalized spacial score (nSPS) is 14.4. The van der Waals surface area contributed by atoms with Gasteiger partial charge >= 0.3 is 0 Å². The number of amides is 1. The predicted molar refractivity (Wildman–Crippen MR) is 129 cm³/mol. The van der Waals surface area contributed by atoms with Crippen LogP contribution in [0.25, 0.3) is 11.1 Å². The summed E-state index contributed by atoms with van der Waals surface area (Å²) in [5, 5.41) is 2.94. The van der Waals surface area contributed by atoms with Crippen LogP contribution in [0.4, 0.5) is 0 Å². The Labute approximate surface area is 195 Å². The van der Waals surface area contributed by atoms with Gasteiger partial charge in [0.25, 0.3) is 0 Å². The fourth-order valence-corrected chi connectivity index (χ4v) is 3.88. The molecule has 1 aromatic heterocycles. The highest BCUT2D eigenvalue weighted by Gasteiger charge is 2.24. The average molecular weight is 446 g/mol. The molecule has 6 nitrogen and oxygen atoms in total. The number of pyridine rings is 1. The summed E-state index contributed by atoms with van der Waals surface area (Å²) in [6.45, 7) is 5.23. The Morgan fingerprint density at radius 1 is 1.12 bits per heavy atom. The summed E-state index contributed by atoms with van der Waals surface area (Å²) in [6, 6.07) is 19.9. The Balaban J connectivity index is 1.31. The summed E-state index contributed by atoms with van der Waals surface area (Å²) in [6.07, 6.45) is 3.31. The maximum Gasteiger partial charge on any atom is 0.226 e. The number of aryl methyl sites for hydroxylation is 1. The van der Waals surface area contributed by atoms with Gasteiger partial charge < -0.3 is 14.8 Å². The van der Waals surface area contributed by atoms with Crippen LogP contribution in [0.2, 0.25) is 0 Å². The van der Waals surface area contributed by atoms with Crippen LogP contribution in [-0.2, 0) is 22.5 Å². The first kappa shape index (κ1) is 23.0. The van der Waals surface area contributed by atoms with E-state index in [0.29, 0.717) is 13.2 Å².